The summed E-state index contributed by atoms with van der Waals surface area (Å²) in [6.07, 6.45) is 14.1. The summed E-state index contributed by atoms with van der Waals surface area (Å²) in [6, 6.07) is 5.28. The second kappa shape index (κ2) is 15.5. The zero-order chi connectivity index (χ0) is 19.3. The minimum atomic E-state index is -4.44. The molecule has 1 rings (SSSR count). The summed E-state index contributed by atoms with van der Waals surface area (Å²) >= 11 is 0. The van der Waals surface area contributed by atoms with Crippen molar-refractivity contribution in [1.82, 2.24) is 0 Å². The molecule has 0 fully saturated rings. The number of hydrogen-bond acceptors (Lipinski definition) is 4. The molecule has 0 aliphatic rings. The van der Waals surface area contributed by atoms with Gasteiger partial charge in [0.05, 0.1) is 4.90 Å². The molecule has 27 heavy (non-hydrogen) atoms. The van der Waals surface area contributed by atoms with Gasteiger partial charge in [-0.25, -0.2) is 8.42 Å². The number of rotatable bonds is 14. The number of carbonyl (C=O) groups is 1. The van der Waals surface area contributed by atoms with Crippen molar-refractivity contribution in [1.29, 1.82) is 0 Å². The third-order valence-corrected chi connectivity index (χ3v) is 5.28. The predicted octanol–water partition coefficient (Wildman–Crippen LogP) is 2.23. The van der Waals surface area contributed by atoms with Crippen LogP contribution in [-0.2, 0) is 14.9 Å². The van der Waals surface area contributed by atoms with Crippen LogP contribution in [0, 0.1) is 0 Å². The molecule has 7 heteroatoms. The Morgan fingerprint density at radius 3 is 1.74 bits per heavy atom. The van der Waals surface area contributed by atoms with Crippen molar-refractivity contribution in [2.75, 3.05) is 5.32 Å². The van der Waals surface area contributed by atoms with E-state index in [4.69, 9.17) is 0 Å². The fourth-order valence-electron chi connectivity index (χ4n) is 2.88. The van der Waals surface area contributed by atoms with Crippen LogP contribution in [0.3, 0.4) is 0 Å². The molecule has 0 heterocycles. The van der Waals surface area contributed by atoms with Gasteiger partial charge in [-0.3, -0.25) is 4.79 Å². The maximum absolute atomic E-state index is 11.9. The number of amides is 1. The van der Waals surface area contributed by atoms with E-state index in [0.29, 0.717) is 12.1 Å². The number of nitrogens with one attached hydrogen (secondary N) is 1. The van der Waals surface area contributed by atoms with Crippen molar-refractivity contribution in [3.63, 3.8) is 0 Å². The van der Waals surface area contributed by atoms with Crippen LogP contribution in [0.1, 0.15) is 84.0 Å². The Morgan fingerprint density at radius 2 is 1.30 bits per heavy atom. The largest absolute Gasteiger partial charge is 1.00 e. The minimum Gasteiger partial charge on any atom is -0.744 e. The van der Waals surface area contributed by atoms with Gasteiger partial charge in [0, 0.05) is 12.1 Å². The van der Waals surface area contributed by atoms with E-state index >= 15 is 0 Å². The normalized spacial score (nSPS) is 11.0. The molecule has 5 nitrogen and oxygen atoms in total. The number of unbranched alkanes of at least 4 members (excludes halogenated alkanes) is 10. The fraction of sp³-hybridized carbons (Fsp3) is 0.650. The minimum absolute atomic E-state index is 0. The molecule has 0 aliphatic heterocycles. The summed E-state index contributed by atoms with van der Waals surface area (Å²) in [5, 5.41) is 2.72. The van der Waals surface area contributed by atoms with E-state index in [0.717, 1.165) is 19.3 Å². The van der Waals surface area contributed by atoms with E-state index in [1.807, 2.05) is 0 Å². The average Bonchev–Trinajstić information content (AvgIpc) is 2.59. The maximum atomic E-state index is 11.9. The van der Waals surface area contributed by atoms with E-state index in [1.165, 1.54) is 75.6 Å². The summed E-state index contributed by atoms with van der Waals surface area (Å²) in [7, 11) is -4.44. The predicted molar refractivity (Wildman–Crippen MR) is 104 cm³/mol. The second-order valence-electron chi connectivity index (χ2n) is 6.81. The van der Waals surface area contributed by atoms with Crippen LogP contribution in [0.15, 0.2) is 29.2 Å². The van der Waals surface area contributed by atoms with Crippen LogP contribution in [0.4, 0.5) is 5.69 Å². The standard InChI is InChI=1S/C20H33NO4S.Na/c1-2-3-4-5-6-7-8-9-10-11-12-13-20(22)21-18-14-16-19(17-15-18)26(23,24)25;/h14-17H,2-13H2,1H3,(H,21,22)(H,23,24,25);/q;+1/p-1. The van der Waals surface area contributed by atoms with Gasteiger partial charge in [-0.2, -0.15) is 0 Å². The number of anilines is 1. The van der Waals surface area contributed by atoms with Crippen molar-refractivity contribution in [3.05, 3.63) is 24.3 Å². The Kier molecular flexibility index (Phi) is 15.3. The zero-order valence-corrected chi connectivity index (χ0v) is 19.7. The Bertz CT molecular complexity index is 617. The summed E-state index contributed by atoms with van der Waals surface area (Å²) in [6.45, 7) is 2.23. The fourth-order valence-corrected chi connectivity index (χ4v) is 3.35. The van der Waals surface area contributed by atoms with E-state index < -0.39 is 10.1 Å². The van der Waals surface area contributed by atoms with Gasteiger partial charge in [-0.1, -0.05) is 71.1 Å². The van der Waals surface area contributed by atoms with Gasteiger partial charge < -0.3 is 9.87 Å². The second-order valence-corrected chi connectivity index (χ2v) is 8.19. The zero-order valence-electron chi connectivity index (χ0n) is 16.8. The smallest absolute Gasteiger partial charge is 0.744 e. The van der Waals surface area contributed by atoms with Crippen molar-refractivity contribution in [2.24, 2.45) is 0 Å². The van der Waals surface area contributed by atoms with Crippen LogP contribution in [0.2, 0.25) is 0 Å². The van der Waals surface area contributed by atoms with Crippen LogP contribution in [0.5, 0.6) is 0 Å². The summed E-state index contributed by atoms with van der Waals surface area (Å²) in [5.74, 6) is -0.0846. The molecule has 0 atom stereocenters. The van der Waals surface area contributed by atoms with Crippen LogP contribution in [0.25, 0.3) is 0 Å². The SMILES string of the molecule is CCCCCCCCCCCCCC(=O)Nc1ccc(S(=O)(=O)[O-])cc1.[Na+]. The van der Waals surface area contributed by atoms with E-state index in [2.05, 4.69) is 12.2 Å². The number of hydrogen-bond donors (Lipinski definition) is 1. The molecule has 1 aromatic carbocycles. The molecule has 1 N–H and O–H groups in total. The van der Waals surface area contributed by atoms with Crippen molar-refractivity contribution < 1.29 is 47.3 Å². The molecule has 0 spiro atoms. The van der Waals surface area contributed by atoms with Crippen LogP contribution >= 0.6 is 0 Å². The molecule has 1 amide bonds. The first kappa shape index (κ1) is 26.6. The molecule has 1 aromatic rings. The third-order valence-electron chi connectivity index (χ3n) is 4.43. The number of carbonyl (C=O) groups excluding carboxylic acids is 1. The Morgan fingerprint density at radius 1 is 0.852 bits per heavy atom. The van der Waals surface area contributed by atoms with Gasteiger partial charge in [0.25, 0.3) is 0 Å². The van der Waals surface area contributed by atoms with Gasteiger partial charge in [-0.15, -0.1) is 0 Å². The molecular formula is C20H32NNaO4S. The first-order chi connectivity index (χ1) is 12.4. The Balaban J connectivity index is 0.00000676. The first-order valence-electron chi connectivity index (χ1n) is 9.79. The van der Waals surface area contributed by atoms with Gasteiger partial charge in [0.15, 0.2) is 0 Å². The summed E-state index contributed by atoms with van der Waals surface area (Å²) in [4.78, 5) is 11.6. The molecule has 0 unspecified atom stereocenters. The molecule has 0 saturated carbocycles. The number of benzene rings is 1. The van der Waals surface area contributed by atoms with Gasteiger partial charge in [-0.05, 0) is 30.7 Å². The molecule has 0 radical (unpaired) electrons. The summed E-state index contributed by atoms with van der Waals surface area (Å²) < 4.78 is 32.6. The van der Waals surface area contributed by atoms with Gasteiger partial charge in [0.2, 0.25) is 5.91 Å². The van der Waals surface area contributed by atoms with Gasteiger partial charge >= 0.3 is 29.6 Å². The molecule has 0 aliphatic carbocycles. The van der Waals surface area contributed by atoms with E-state index in [9.17, 15) is 17.8 Å². The Labute approximate surface area is 186 Å². The van der Waals surface area contributed by atoms with Crippen molar-refractivity contribution in [3.8, 4) is 0 Å². The molecule has 148 valence electrons. The van der Waals surface area contributed by atoms with E-state index in [-0.39, 0.29) is 40.4 Å². The topological polar surface area (TPSA) is 86.3 Å². The monoisotopic (exact) mass is 405 g/mol. The quantitative estimate of drug-likeness (QED) is 0.292. The van der Waals surface area contributed by atoms with E-state index in [1.54, 1.807) is 0 Å². The van der Waals surface area contributed by atoms with Crippen LogP contribution in [-0.4, -0.2) is 18.9 Å². The first-order valence-corrected chi connectivity index (χ1v) is 11.2. The van der Waals surface area contributed by atoms with Crippen LogP contribution < -0.4 is 34.9 Å². The molecule has 0 aromatic heterocycles. The Hall–Kier alpha value is -0.400. The maximum Gasteiger partial charge on any atom is 1.00 e. The molecule has 0 bridgehead atoms. The molecule has 0 saturated heterocycles. The molecular weight excluding hydrogens is 373 g/mol. The summed E-state index contributed by atoms with van der Waals surface area (Å²) in [5.41, 5.74) is 0.505. The van der Waals surface area contributed by atoms with Gasteiger partial charge in [0.1, 0.15) is 10.1 Å². The third kappa shape index (κ3) is 13.4. The van der Waals surface area contributed by atoms with Crippen molar-refractivity contribution in [2.45, 2.75) is 88.9 Å². The van der Waals surface area contributed by atoms with Crippen molar-refractivity contribution >= 4 is 21.7 Å². The average molecular weight is 406 g/mol.